The molecule has 5 rings (SSSR count). The second-order valence-corrected chi connectivity index (χ2v) is 8.80. The predicted octanol–water partition coefficient (Wildman–Crippen LogP) is 7.17. The fourth-order valence-electron chi connectivity index (χ4n) is 4.78. The first-order valence-corrected chi connectivity index (χ1v) is 11.4. The van der Waals surface area contributed by atoms with Crippen molar-refractivity contribution < 1.29 is 30.0 Å². The summed E-state index contributed by atoms with van der Waals surface area (Å²) in [5, 5.41) is 12.0. The standard InChI is InChI=1S/C18H16N.C10H14O2.Ir/c1-13(2)17-12-19-18(14-8-4-3-5-9-14)16-11-7-6-10-15(16)17;11-8-5-1-3-7-4-2-6-9(12)10(7)8;/h3-8,10-13H,1-2H3;7,11H,1-6H2;/q-1;;. The van der Waals surface area contributed by atoms with Gasteiger partial charge in [-0.05, 0) is 59.5 Å². The molecule has 0 aliphatic heterocycles. The summed E-state index contributed by atoms with van der Waals surface area (Å²) < 4.78 is 0. The molecule has 1 heterocycles. The molecule has 1 N–H and O–H groups in total. The van der Waals surface area contributed by atoms with Gasteiger partial charge in [-0.15, -0.1) is 35.9 Å². The Morgan fingerprint density at radius 1 is 1.00 bits per heavy atom. The molecule has 0 saturated heterocycles. The molecule has 1 fully saturated rings. The fraction of sp³-hybridized carbons (Fsp3) is 0.357. The first kappa shape index (κ1) is 24.4. The summed E-state index contributed by atoms with van der Waals surface area (Å²) in [5.74, 6) is 1.45. The Morgan fingerprint density at radius 2 is 1.69 bits per heavy atom. The number of hydrogen-bond acceptors (Lipinski definition) is 3. The van der Waals surface area contributed by atoms with Crippen LogP contribution in [0.15, 0.2) is 66.1 Å². The number of rotatable bonds is 2. The van der Waals surface area contributed by atoms with Crippen molar-refractivity contribution in [2.75, 3.05) is 0 Å². The van der Waals surface area contributed by atoms with Crippen LogP contribution in [0.4, 0.5) is 0 Å². The SMILES string of the molecule is CC(C)c1cnc(-c2[c-]cccc2)c2ccccc12.O=C1CCCC2CCCC(O)=C12.[Ir]. The van der Waals surface area contributed by atoms with Gasteiger partial charge in [0.2, 0.25) is 0 Å². The molecular formula is C28H30IrNO2-. The van der Waals surface area contributed by atoms with Gasteiger partial charge in [-0.25, -0.2) is 0 Å². The van der Waals surface area contributed by atoms with E-state index in [1.807, 2.05) is 24.4 Å². The molecule has 2 aromatic carbocycles. The van der Waals surface area contributed by atoms with Crippen LogP contribution in [0.3, 0.4) is 0 Å². The molecular weight excluding hydrogens is 575 g/mol. The van der Waals surface area contributed by atoms with Crippen molar-refractivity contribution in [3.8, 4) is 11.3 Å². The van der Waals surface area contributed by atoms with Crippen molar-refractivity contribution in [3.05, 3.63) is 77.7 Å². The fourth-order valence-corrected chi connectivity index (χ4v) is 4.78. The summed E-state index contributed by atoms with van der Waals surface area (Å²) >= 11 is 0. The topological polar surface area (TPSA) is 50.2 Å². The van der Waals surface area contributed by atoms with Crippen LogP contribution < -0.4 is 0 Å². The molecule has 1 unspecified atom stereocenters. The Hall–Kier alpha value is -2.29. The minimum absolute atomic E-state index is 0. The van der Waals surface area contributed by atoms with Gasteiger partial charge >= 0.3 is 0 Å². The zero-order valence-electron chi connectivity index (χ0n) is 18.7. The molecule has 0 bridgehead atoms. The van der Waals surface area contributed by atoms with Crippen LogP contribution in [-0.4, -0.2) is 15.9 Å². The third-order valence-corrected chi connectivity index (χ3v) is 6.35. The minimum Gasteiger partial charge on any atom is -0.512 e. The molecule has 3 nitrogen and oxygen atoms in total. The predicted molar refractivity (Wildman–Crippen MR) is 126 cm³/mol. The number of pyridine rings is 1. The zero-order valence-corrected chi connectivity index (χ0v) is 21.1. The Labute approximate surface area is 204 Å². The average molecular weight is 605 g/mol. The Morgan fingerprint density at radius 3 is 2.34 bits per heavy atom. The smallest absolute Gasteiger partial charge is 0.162 e. The van der Waals surface area contributed by atoms with Crippen molar-refractivity contribution in [2.24, 2.45) is 5.92 Å². The van der Waals surface area contributed by atoms with Gasteiger partial charge in [-0.2, -0.15) is 0 Å². The number of benzene rings is 2. The normalized spacial score (nSPS) is 18.0. The van der Waals surface area contributed by atoms with Crippen LogP contribution in [0.25, 0.3) is 22.0 Å². The van der Waals surface area contributed by atoms with E-state index in [1.54, 1.807) is 0 Å². The number of hydrogen-bond donors (Lipinski definition) is 1. The van der Waals surface area contributed by atoms with Crippen LogP contribution >= 0.6 is 0 Å². The van der Waals surface area contributed by atoms with Crippen LogP contribution in [0.2, 0.25) is 0 Å². The molecule has 0 spiro atoms. The van der Waals surface area contributed by atoms with Gasteiger partial charge in [0.05, 0.1) is 5.76 Å². The third kappa shape index (κ3) is 5.19. The molecule has 1 aromatic heterocycles. The number of aliphatic hydroxyl groups is 1. The molecule has 2 aliphatic carbocycles. The molecule has 169 valence electrons. The number of allylic oxidation sites excluding steroid dienone is 2. The van der Waals surface area contributed by atoms with E-state index in [0.717, 1.165) is 48.9 Å². The van der Waals surface area contributed by atoms with Crippen molar-refractivity contribution in [1.82, 2.24) is 4.98 Å². The van der Waals surface area contributed by atoms with Gasteiger partial charge in [0, 0.05) is 44.7 Å². The maximum atomic E-state index is 11.4. The number of fused-ring (bicyclic) bond motifs is 2. The van der Waals surface area contributed by atoms with E-state index in [-0.39, 0.29) is 25.9 Å². The van der Waals surface area contributed by atoms with Crippen LogP contribution in [0.1, 0.15) is 63.9 Å². The zero-order chi connectivity index (χ0) is 21.8. The van der Waals surface area contributed by atoms with Gasteiger partial charge in [-0.3, -0.25) is 4.79 Å². The second kappa shape index (κ2) is 11.0. The summed E-state index contributed by atoms with van der Waals surface area (Å²) in [6, 6.07) is 19.7. The Balaban J connectivity index is 0.000000193. The van der Waals surface area contributed by atoms with E-state index in [0.29, 0.717) is 24.0 Å². The van der Waals surface area contributed by atoms with Crippen LogP contribution in [0, 0.1) is 12.0 Å². The molecule has 3 aromatic rings. The maximum absolute atomic E-state index is 11.4. The molecule has 0 amide bonds. The van der Waals surface area contributed by atoms with Gasteiger partial charge < -0.3 is 10.1 Å². The van der Waals surface area contributed by atoms with E-state index >= 15 is 0 Å². The first-order chi connectivity index (χ1) is 15.1. The summed E-state index contributed by atoms with van der Waals surface area (Å²) in [6.07, 6.45) is 7.64. The molecule has 1 atom stereocenters. The third-order valence-electron chi connectivity index (χ3n) is 6.35. The summed E-state index contributed by atoms with van der Waals surface area (Å²) in [7, 11) is 0. The van der Waals surface area contributed by atoms with E-state index in [9.17, 15) is 9.90 Å². The van der Waals surface area contributed by atoms with E-state index < -0.39 is 0 Å². The van der Waals surface area contributed by atoms with Crippen molar-refractivity contribution in [2.45, 2.75) is 58.3 Å². The van der Waals surface area contributed by atoms with E-state index in [1.165, 1.54) is 16.3 Å². The number of ketones is 1. The van der Waals surface area contributed by atoms with Gasteiger partial charge in [0.15, 0.2) is 5.78 Å². The number of carbonyl (C=O) groups is 1. The van der Waals surface area contributed by atoms with Gasteiger partial charge in [0.25, 0.3) is 0 Å². The van der Waals surface area contributed by atoms with Crippen molar-refractivity contribution in [1.29, 1.82) is 0 Å². The molecule has 1 radical (unpaired) electrons. The summed E-state index contributed by atoms with van der Waals surface area (Å²) in [4.78, 5) is 16.1. The quantitative estimate of drug-likeness (QED) is 0.316. The van der Waals surface area contributed by atoms with E-state index in [2.05, 4.69) is 55.2 Å². The molecule has 32 heavy (non-hydrogen) atoms. The summed E-state index contributed by atoms with van der Waals surface area (Å²) in [5.41, 5.74) is 4.14. The Bertz CT molecular complexity index is 1100. The van der Waals surface area contributed by atoms with Crippen molar-refractivity contribution in [3.63, 3.8) is 0 Å². The number of nitrogens with zero attached hydrogens (tertiary/aromatic N) is 1. The number of aliphatic hydroxyl groups excluding tert-OH is 1. The number of aromatic nitrogens is 1. The first-order valence-electron chi connectivity index (χ1n) is 11.4. The van der Waals surface area contributed by atoms with Gasteiger partial charge in [0.1, 0.15) is 0 Å². The molecule has 4 heteroatoms. The van der Waals surface area contributed by atoms with Crippen LogP contribution in [0.5, 0.6) is 0 Å². The van der Waals surface area contributed by atoms with Crippen LogP contribution in [-0.2, 0) is 24.9 Å². The molecule has 1 saturated carbocycles. The Kier molecular flexibility index (Phi) is 8.39. The maximum Gasteiger partial charge on any atom is 0.162 e. The monoisotopic (exact) mass is 605 g/mol. The number of Topliss-reactive ketones (excluding diaryl/α,β-unsaturated/α-hetero) is 1. The average Bonchev–Trinajstić information content (AvgIpc) is 2.79. The minimum atomic E-state index is 0. The second-order valence-electron chi connectivity index (χ2n) is 8.80. The van der Waals surface area contributed by atoms with E-state index in [4.69, 9.17) is 0 Å². The molecule has 2 aliphatic rings. The van der Waals surface area contributed by atoms with Crippen molar-refractivity contribution >= 4 is 16.6 Å². The number of carbonyl (C=O) groups excluding carboxylic acids is 1. The largest absolute Gasteiger partial charge is 0.512 e. The summed E-state index contributed by atoms with van der Waals surface area (Å²) in [6.45, 7) is 4.41. The van der Waals surface area contributed by atoms with Gasteiger partial charge in [-0.1, -0.05) is 38.1 Å².